The highest BCUT2D eigenvalue weighted by Gasteiger charge is 2.33. The summed E-state index contributed by atoms with van der Waals surface area (Å²) in [6.45, 7) is 3.85. The van der Waals surface area contributed by atoms with E-state index in [-0.39, 0.29) is 11.8 Å². The van der Waals surface area contributed by atoms with Crippen molar-refractivity contribution < 1.29 is 9.59 Å². The molecule has 1 heterocycles. The maximum atomic E-state index is 12.6. The molecule has 2 aromatic carbocycles. The average Bonchev–Trinajstić information content (AvgIpc) is 2.85. The summed E-state index contributed by atoms with van der Waals surface area (Å²) in [6.07, 6.45) is 1.78. The summed E-state index contributed by atoms with van der Waals surface area (Å²) in [7, 11) is 0. The van der Waals surface area contributed by atoms with E-state index in [0.717, 1.165) is 21.7 Å². The van der Waals surface area contributed by atoms with Gasteiger partial charge in [0.15, 0.2) is 4.32 Å². The second kappa shape index (κ2) is 7.21. The molecule has 0 saturated carbocycles. The van der Waals surface area contributed by atoms with Gasteiger partial charge < -0.3 is 0 Å². The van der Waals surface area contributed by atoms with Crippen LogP contribution in [0.3, 0.4) is 0 Å². The molecular weight excluding hydrogens is 352 g/mol. The highest BCUT2D eigenvalue weighted by Crippen LogP contribution is 2.31. The Balaban J connectivity index is 1.79. The minimum atomic E-state index is -0.356. The van der Waals surface area contributed by atoms with E-state index >= 15 is 0 Å². The third-order valence-electron chi connectivity index (χ3n) is 3.77. The van der Waals surface area contributed by atoms with Gasteiger partial charge in [-0.2, -0.15) is 5.01 Å². The van der Waals surface area contributed by atoms with Crippen LogP contribution in [-0.4, -0.2) is 21.1 Å². The topological polar surface area (TPSA) is 49.4 Å². The van der Waals surface area contributed by atoms with E-state index in [1.807, 2.05) is 50.2 Å². The quantitative estimate of drug-likeness (QED) is 0.660. The number of nitrogens with zero attached hydrogens (tertiary/aromatic N) is 1. The molecule has 1 N–H and O–H groups in total. The molecule has 2 amide bonds. The first-order valence-corrected chi connectivity index (χ1v) is 8.89. The Hall–Kier alpha value is -2.44. The number of amides is 2. The highest BCUT2D eigenvalue weighted by atomic mass is 32.2. The number of thiocarbonyl (C=S) groups is 1. The molecule has 0 radical (unpaired) electrons. The van der Waals surface area contributed by atoms with Gasteiger partial charge in [-0.15, -0.1) is 0 Å². The first kappa shape index (κ1) is 17.4. The van der Waals surface area contributed by atoms with Gasteiger partial charge in [-0.1, -0.05) is 59.8 Å². The van der Waals surface area contributed by atoms with Crippen LogP contribution in [0.5, 0.6) is 0 Å². The van der Waals surface area contributed by atoms with Gasteiger partial charge in [0, 0.05) is 5.56 Å². The van der Waals surface area contributed by atoms with Crippen LogP contribution >= 0.6 is 24.0 Å². The van der Waals surface area contributed by atoms with E-state index in [4.69, 9.17) is 12.2 Å². The van der Waals surface area contributed by atoms with E-state index in [1.165, 1.54) is 11.8 Å². The number of carbonyl (C=O) groups excluding carboxylic acids is 2. The molecule has 0 aromatic heterocycles. The molecule has 4 nitrogen and oxygen atoms in total. The van der Waals surface area contributed by atoms with Crippen LogP contribution in [0.25, 0.3) is 6.08 Å². The number of carbonyl (C=O) groups is 2. The Kier molecular flexibility index (Phi) is 5.01. The summed E-state index contributed by atoms with van der Waals surface area (Å²) in [6, 6.07) is 15.0. The standard InChI is InChI=1S/C19H16N2O2S2/c1-12-7-9-14(10-8-12)11-16-18(23)21(19(24)25-16)20-17(22)15-6-4-3-5-13(15)2/h3-11H,1-2H3,(H,20,22). The Labute approximate surface area is 155 Å². The Morgan fingerprint density at radius 3 is 2.48 bits per heavy atom. The van der Waals surface area contributed by atoms with E-state index in [0.29, 0.717) is 14.8 Å². The minimum absolute atomic E-state index is 0.310. The third kappa shape index (κ3) is 3.81. The number of thioether (sulfide) groups is 1. The van der Waals surface area contributed by atoms with Crippen molar-refractivity contribution in [1.82, 2.24) is 10.4 Å². The van der Waals surface area contributed by atoms with Crippen LogP contribution in [0.4, 0.5) is 0 Å². The van der Waals surface area contributed by atoms with Crippen LogP contribution in [0.1, 0.15) is 27.0 Å². The molecule has 6 heteroatoms. The summed E-state index contributed by atoms with van der Waals surface area (Å²) >= 11 is 6.42. The molecule has 25 heavy (non-hydrogen) atoms. The predicted molar refractivity (Wildman–Crippen MR) is 105 cm³/mol. The van der Waals surface area contributed by atoms with Crippen molar-refractivity contribution in [3.63, 3.8) is 0 Å². The van der Waals surface area contributed by atoms with Gasteiger partial charge in [-0.3, -0.25) is 15.0 Å². The van der Waals surface area contributed by atoms with Gasteiger partial charge in [0.1, 0.15) is 0 Å². The summed E-state index contributed by atoms with van der Waals surface area (Å²) in [5.74, 6) is -0.677. The summed E-state index contributed by atoms with van der Waals surface area (Å²) in [5, 5.41) is 1.13. The van der Waals surface area contributed by atoms with Gasteiger partial charge in [-0.25, -0.2) is 0 Å². The summed E-state index contributed by atoms with van der Waals surface area (Å²) < 4.78 is 0.310. The van der Waals surface area contributed by atoms with Gasteiger partial charge in [0.2, 0.25) is 0 Å². The molecule has 126 valence electrons. The molecule has 1 aliphatic rings. The van der Waals surface area contributed by atoms with Crippen molar-refractivity contribution in [3.8, 4) is 0 Å². The molecule has 1 aliphatic heterocycles. The van der Waals surface area contributed by atoms with Gasteiger partial charge in [-0.05, 0) is 49.3 Å². The van der Waals surface area contributed by atoms with Crippen LogP contribution in [0.15, 0.2) is 53.4 Å². The smallest absolute Gasteiger partial charge is 0.267 e. The SMILES string of the molecule is Cc1ccc(C=C2SC(=S)N(NC(=O)c3ccccc3C)C2=O)cc1. The molecular formula is C19H16N2O2S2. The van der Waals surface area contributed by atoms with Crippen LogP contribution in [0.2, 0.25) is 0 Å². The fourth-order valence-corrected chi connectivity index (χ4v) is 3.55. The molecule has 0 bridgehead atoms. The van der Waals surface area contributed by atoms with Crippen LogP contribution < -0.4 is 5.43 Å². The fraction of sp³-hybridized carbons (Fsp3) is 0.105. The molecule has 3 rings (SSSR count). The zero-order valence-electron chi connectivity index (χ0n) is 13.8. The zero-order chi connectivity index (χ0) is 18.0. The van der Waals surface area contributed by atoms with Crippen LogP contribution in [0, 0.1) is 13.8 Å². The molecule has 0 spiro atoms. The number of hydrogen-bond donors (Lipinski definition) is 1. The van der Waals surface area contributed by atoms with Crippen molar-refractivity contribution in [2.45, 2.75) is 13.8 Å². The lowest BCUT2D eigenvalue weighted by Gasteiger charge is -2.16. The number of rotatable bonds is 3. The Bertz CT molecular complexity index is 889. The highest BCUT2D eigenvalue weighted by molar-refractivity contribution is 8.26. The number of aryl methyl sites for hydroxylation is 2. The maximum absolute atomic E-state index is 12.6. The largest absolute Gasteiger partial charge is 0.285 e. The lowest BCUT2D eigenvalue weighted by atomic mass is 10.1. The van der Waals surface area contributed by atoms with E-state index in [2.05, 4.69) is 5.43 Å². The maximum Gasteiger partial charge on any atom is 0.285 e. The number of hydrazine groups is 1. The Morgan fingerprint density at radius 2 is 1.80 bits per heavy atom. The van der Waals surface area contributed by atoms with Crippen LogP contribution in [-0.2, 0) is 4.79 Å². The normalized spacial score (nSPS) is 15.8. The zero-order valence-corrected chi connectivity index (χ0v) is 15.4. The molecule has 1 fully saturated rings. The minimum Gasteiger partial charge on any atom is -0.267 e. The van der Waals surface area contributed by atoms with Crippen molar-refractivity contribution >= 4 is 46.2 Å². The first-order valence-electron chi connectivity index (χ1n) is 7.67. The average molecular weight is 368 g/mol. The number of hydrogen-bond acceptors (Lipinski definition) is 4. The lowest BCUT2D eigenvalue weighted by molar-refractivity contribution is -0.123. The summed E-state index contributed by atoms with van der Waals surface area (Å²) in [4.78, 5) is 25.5. The molecule has 0 aliphatic carbocycles. The second-order valence-corrected chi connectivity index (χ2v) is 7.36. The Morgan fingerprint density at radius 1 is 1.12 bits per heavy atom. The van der Waals surface area contributed by atoms with E-state index in [9.17, 15) is 9.59 Å². The van der Waals surface area contributed by atoms with Gasteiger partial charge in [0.05, 0.1) is 4.91 Å². The second-order valence-electron chi connectivity index (χ2n) is 5.68. The molecule has 0 atom stereocenters. The molecule has 0 unspecified atom stereocenters. The number of benzene rings is 2. The van der Waals surface area contributed by atoms with E-state index in [1.54, 1.807) is 18.2 Å². The van der Waals surface area contributed by atoms with Crippen molar-refractivity contribution in [2.24, 2.45) is 0 Å². The fourth-order valence-electron chi connectivity index (χ4n) is 2.37. The third-order valence-corrected chi connectivity index (χ3v) is 5.07. The molecule has 2 aromatic rings. The van der Waals surface area contributed by atoms with E-state index < -0.39 is 0 Å². The first-order chi connectivity index (χ1) is 12.0. The van der Waals surface area contributed by atoms with Crippen molar-refractivity contribution in [2.75, 3.05) is 0 Å². The molecule has 1 saturated heterocycles. The van der Waals surface area contributed by atoms with Crippen molar-refractivity contribution in [1.29, 1.82) is 0 Å². The monoisotopic (exact) mass is 368 g/mol. The van der Waals surface area contributed by atoms with Gasteiger partial charge >= 0.3 is 0 Å². The van der Waals surface area contributed by atoms with Crippen molar-refractivity contribution in [3.05, 3.63) is 75.7 Å². The predicted octanol–water partition coefficient (Wildman–Crippen LogP) is 3.85. The summed E-state index contributed by atoms with van der Waals surface area (Å²) in [5.41, 5.74) is 6.01. The lowest BCUT2D eigenvalue weighted by Crippen LogP contribution is -2.45. The number of nitrogens with one attached hydrogen (secondary N) is 1. The van der Waals surface area contributed by atoms with Gasteiger partial charge in [0.25, 0.3) is 11.8 Å².